The zero-order valence-corrected chi connectivity index (χ0v) is 12.3. The van der Waals surface area contributed by atoms with Crippen molar-refractivity contribution in [1.29, 1.82) is 0 Å². The van der Waals surface area contributed by atoms with Crippen LogP contribution in [0.25, 0.3) is 11.2 Å². The zero-order chi connectivity index (χ0) is 14.4. The molecular weight excluding hydrogens is 256 g/mol. The number of fused-ring (bicyclic) bond motifs is 1. The number of H-pyrrole nitrogens is 1. The van der Waals surface area contributed by atoms with Crippen LogP contribution in [0.3, 0.4) is 0 Å². The molecule has 0 radical (unpaired) electrons. The van der Waals surface area contributed by atoms with E-state index >= 15 is 0 Å². The molecule has 0 fully saturated rings. The number of aromatic amines is 1. The topological polar surface area (TPSA) is 79.0 Å². The molecule has 7 nitrogen and oxygen atoms in total. The summed E-state index contributed by atoms with van der Waals surface area (Å²) in [5, 5.41) is 3.14. The van der Waals surface area contributed by atoms with Crippen molar-refractivity contribution in [3.8, 4) is 0 Å². The number of hydrogen-bond donors (Lipinski definition) is 2. The number of hydrogen-bond acceptors (Lipinski definition) is 6. The Morgan fingerprint density at radius 1 is 1.30 bits per heavy atom. The van der Waals surface area contributed by atoms with Crippen LogP contribution in [0.1, 0.15) is 20.8 Å². The Hall–Kier alpha value is -1.89. The molecule has 2 N–H and O–H groups in total. The SMILES string of the molecule is CCNc1nc(N(CC)CCOCC)c2[nH]cnc2n1. The van der Waals surface area contributed by atoms with Gasteiger partial charge in [0.15, 0.2) is 11.5 Å². The number of imidazole rings is 1. The highest BCUT2D eigenvalue weighted by molar-refractivity contribution is 5.84. The fourth-order valence-corrected chi connectivity index (χ4v) is 2.02. The van der Waals surface area contributed by atoms with E-state index in [0.717, 1.165) is 37.6 Å². The molecule has 2 heterocycles. The van der Waals surface area contributed by atoms with E-state index in [1.807, 2.05) is 13.8 Å². The summed E-state index contributed by atoms with van der Waals surface area (Å²) in [6.45, 7) is 9.94. The molecular formula is C13H22N6O. The van der Waals surface area contributed by atoms with Crippen LogP contribution in [-0.2, 0) is 4.74 Å². The summed E-state index contributed by atoms with van der Waals surface area (Å²) in [4.78, 5) is 18.5. The van der Waals surface area contributed by atoms with Crippen molar-refractivity contribution in [2.75, 3.05) is 43.1 Å². The number of rotatable bonds is 8. The molecule has 2 aromatic rings. The van der Waals surface area contributed by atoms with Crippen molar-refractivity contribution in [2.24, 2.45) is 0 Å². The lowest BCUT2D eigenvalue weighted by Gasteiger charge is -2.22. The van der Waals surface area contributed by atoms with Crippen molar-refractivity contribution >= 4 is 22.9 Å². The van der Waals surface area contributed by atoms with Crippen molar-refractivity contribution in [3.63, 3.8) is 0 Å². The molecule has 7 heteroatoms. The van der Waals surface area contributed by atoms with Crippen LogP contribution >= 0.6 is 0 Å². The van der Waals surface area contributed by atoms with Crippen LogP contribution in [0, 0.1) is 0 Å². The predicted molar refractivity (Wildman–Crippen MR) is 80.2 cm³/mol. The summed E-state index contributed by atoms with van der Waals surface area (Å²) in [6.07, 6.45) is 1.65. The summed E-state index contributed by atoms with van der Waals surface area (Å²) in [7, 11) is 0. The number of aromatic nitrogens is 4. The van der Waals surface area contributed by atoms with Crippen molar-refractivity contribution in [2.45, 2.75) is 20.8 Å². The highest BCUT2D eigenvalue weighted by Crippen LogP contribution is 2.22. The lowest BCUT2D eigenvalue weighted by Crippen LogP contribution is -2.28. The third-order valence-corrected chi connectivity index (χ3v) is 2.99. The summed E-state index contributed by atoms with van der Waals surface area (Å²) < 4.78 is 5.43. The van der Waals surface area contributed by atoms with Gasteiger partial charge >= 0.3 is 0 Å². The molecule has 0 aliphatic rings. The van der Waals surface area contributed by atoms with E-state index < -0.39 is 0 Å². The lowest BCUT2D eigenvalue weighted by molar-refractivity contribution is 0.154. The van der Waals surface area contributed by atoms with Crippen LogP contribution in [0.5, 0.6) is 0 Å². The van der Waals surface area contributed by atoms with E-state index in [2.05, 4.69) is 37.1 Å². The van der Waals surface area contributed by atoms with Gasteiger partial charge in [-0.15, -0.1) is 0 Å². The van der Waals surface area contributed by atoms with Crippen LogP contribution in [-0.4, -0.2) is 52.8 Å². The van der Waals surface area contributed by atoms with Gasteiger partial charge in [0.1, 0.15) is 5.52 Å². The average Bonchev–Trinajstić information content (AvgIpc) is 2.92. The van der Waals surface area contributed by atoms with E-state index in [0.29, 0.717) is 18.2 Å². The maximum Gasteiger partial charge on any atom is 0.226 e. The van der Waals surface area contributed by atoms with Gasteiger partial charge in [0.2, 0.25) is 5.95 Å². The van der Waals surface area contributed by atoms with Gasteiger partial charge < -0.3 is 19.9 Å². The van der Waals surface area contributed by atoms with Gasteiger partial charge in [-0.1, -0.05) is 0 Å². The Morgan fingerprint density at radius 2 is 2.15 bits per heavy atom. The molecule has 0 aromatic carbocycles. The molecule has 2 aromatic heterocycles. The molecule has 0 atom stereocenters. The first-order valence-corrected chi connectivity index (χ1v) is 7.07. The molecule has 0 amide bonds. The Balaban J connectivity index is 2.31. The molecule has 20 heavy (non-hydrogen) atoms. The van der Waals surface area contributed by atoms with E-state index in [1.165, 1.54) is 0 Å². The van der Waals surface area contributed by atoms with Crippen LogP contribution in [0.4, 0.5) is 11.8 Å². The fraction of sp³-hybridized carbons (Fsp3) is 0.615. The third-order valence-electron chi connectivity index (χ3n) is 2.99. The van der Waals surface area contributed by atoms with Crippen LogP contribution in [0.2, 0.25) is 0 Å². The second-order valence-electron chi connectivity index (χ2n) is 4.28. The number of anilines is 2. The van der Waals surface area contributed by atoms with Gasteiger partial charge in [-0.25, -0.2) is 4.98 Å². The van der Waals surface area contributed by atoms with Gasteiger partial charge in [-0.2, -0.15) is 9.97 Å². The first kappa shape index (κ1) is 14.5. The average molecular weight is 278 g/mol. The molecule has 0 aliphatic carbocycles. The van der Waals surface area contributed by atoms with Gasteiger partial charge in [0.25, 0.3) is 0 Å². The first-order valence-electron chi connectivity index (χ1n) is 7.07. The molecule has 0 unspecified atom stereocenters. The number of likely N-dealkylation sites (N-methyl/N-ethyl adjacent to an activating group) is 1. The maximum atomic E-state index is 5.43. The van der Waals surface area contributed by atoms with E-state index in [-0.39, 0.29) is 0 Å². The summed E-state index contributed by atoms with van der Waals surface area (Å²) in [5.74, 6) is 1.47. The summed E-state index contributed by atoms with van der Waals surface area (Å²) in [6, 6.07) is 0. The molecule has 0 bridgehead atoms. The van der Waals surface area contributed by atoms with E-state index in [1.54, 1.807) is 6.33 Å². The quantitative estimate of drug-likeness (QED) is 0.715. The molecule has 110 valence electrons. The first-order chi connectivity index (χ1) is 9.80. The summed E-state index contributed by atoms with van der Waals surface area (Å²) in [5.41, 5.74) is 1.55. The minimum atomic E-state index is 0.608. The lowest BCUT2D eigenvalue weighted by atomic mass is 10.4. The Morgan fingerprint density at radius 3 is 2.85 bits per heavy atom. The Kier molecular flexibility index (Phi) is 5.11. The minimum Gasteiger partial charge on any atom is -0.380 e. The van der Waals surface area contributed by atoms with E-state index in [4.69, 9.17) is 4.74 Å². The van der Waals surface area contributed by atoms with E-state index in [9.17, 15) is 0 Å². The second kappa shape index (κ2) is 7.04. The monoisotopic (exact) mass is 278 g/mol. The van der Waals surface area contributed by atoms with Crippen molar-refractivity contribution in [1.82, 2.24) is 19.9 Å². The predicted octanol–water partition coefficient (Wildman–Crippen LogP) is 1.65. The smallest absolute Gasteiger partial charge is 0.226 e. The standard InChI is InChI=1S/C13H22N6O/c1-4-14-13-17-11-10(15-9-16-11)12(18-13)19(5-2)7-8-20-6-3/h9H,4-8H2,1-3H3,(H2,14,15,16,17,18). The zero-order valence-electron chi connectivity index (χ0n) is 12.3. The van der Waals surface area contributed by atoms with Gasteiger partial charge in [0, 0.05) is 26.2 Å². The van der Waals surface area contributed by atoms with Crippen LogP contribution in [0.15, 0.2) is 6.33 Å². The molecule has 2 rings (SSSR count). The van der Waals surface area contributed by atoms with Crippen molar-refractivity contribution < 1.29 is 4.74 Å². The minimum absolute atomic E-state index is 0.608. The van der Waals surface area contributed by atoms with Crippen molar-refractivity contribution in [3.05, 3.63) is 6.33 Å². The number of nitrogens with one attached hydrogen (secondary N) is 2. The normalized spacial score (nSPS) is 10.9. The van der Waals surface area contributed by atoms with Crippen LogP contribution < -0.4 is 10.2 Å². The van der Waals surface area contributed by atoms with Gasteiger partial charge in [0.05, 0.1) is 12.9 Å². The largest absolute Gasteiger partial charge is 0.380 e. The summed E-state index contributed by atoms with van der Waals surface area (Å²) >= 11 is 0. The Labute approximate surface area is 118 Å². The highest BCUT2D eigenvalue weighted by Gasteiger charge is 2.15. The maximum absolute atomic E-state index is 5.43. The van der Waals surface area contributed by atoms with Gasteiger partial charge in [-0.05, 0) is 20.8 Å². The highest BCUT2D eigenvalue weighted by atomic mass is 16.5. The molecule has 0 aliphatic heterocycles. The number of ether oxygens (including phenoxy) is 1. The van der Waals surface area contributed by atoms with Gasteiger partial charge in [-0.3, -0.25) is 0 Å². The molecule has 0 saturated heterocycles. The third kappa shape index (κ3) is 3.16. The molecule has 0 saturated carbocycles. The second-order valence-corrected chi connectivity index (χ2v) is 4.28. The fourth-order valence-electron chi connectivity index (χ4n) is 2.02. The molecule has 0 spiro atoms. The Bertz CT molecular complexity index is 541. The number of nitrogens with zero attached hydrogens (tertiary/aromatic N) is 4.